The summed E-state index contributed by atoms with van der Waals surface area (Å²) in [6.07, 6.45) is -32.8. The Balaban J connectivity index is 0.853. The van der Waals surface area contributed by atoms with Crippen LogP contribution < -0.4 is 0 Å². The van der Waals surface area contributed by atoms with Gasteiger partial charge >= 0.3 is 0 Å². The molecule has 0 aromatic rings. The van der Waals surface area contributed by atoms with Crippen molar-refractivity contribution in [3.63, 3.8) is 0 Å². The predicted molar refractivity (Wildman–Crippen MR) is 283 cm³/mol. The molecule has 5 aliphatic carbocycles. The SMILES string of the molecule is CC1(C)CC[C@]23CO[C@@]4(CCC5[C@@]6(C)CC[C@H](O[C@@H]7OC[C@H](O[C@H]8O[C@@H](CO)[C@H](O[C@@H]9O[C@H](CO)[C@@H](O)[C@H](O)[C@H]9O)[C@@H](O)[C@@H]8O[C@@H]8OC[C@@H](O)[C@H](O)[C@H]8O)[C@H](O)[C@H]7O[C@@H]7O[C@H](CO)[C@@H](O)[C@H](O)[C@H]7O)C(C)(C)C6CC[C@@]5(C)[C@]4(C)C[C@H]2O)C3C1. The summed E-state index contributed by atoms with van der Waals surface area (Å²) in [4.78, 5) is 0. The standard InChI is InChI=1S/C58H96O26/c1-52(2)14-15-57-23-76-58(31(57)16-52)13-9-30-54(5)11-10-33(53(3,4)29(54)8-12-55(30,6)56(58,7)17-32(57)63)81-50-45(84-49-42(72)39(69)36(66)26(19-60)78-49)37(67)28(22-75-50)80-51-46(83-47-40(70)34(64)24(62)21-74-47)43(73)44(27(20-61)79-51)82-48-41(71)38(68)35(65)25(18-59)77-48/h24-51,59-73H,8-23H2,1-7H3/t24-,25-,26-,27+,28+,29?,30?,31?,32-,33+,34+,35-,36-,37+,38+,39+,40-,41-,42-,43-,44+,45-,46+,47+,48+,49+,50+,51-,54+,55-,56+,57-,58+/m1/s1. The van der Waals surface area contributed by atoms with Gasteiger partial charge in [-0.2, -0.15) is 0 Å². The van der Waals surface area contributed by atoms with Gasteiger partial charge in [0, 0.05) is 10.8 Å². The number of rotatable bonds is 13. The number of aliphatic hydroxyl groups excluding tert-OH is 15. The van der Waals surface area contributed by atoms with Crippen LogP contribution in [0, 0.1) is 50.2 Å². The van der Waals surface area contributed by atoms with E-state index in [0.717, 1.165) is 51.4 Å². The van der Waals surface area contributed by atoms with Crippen molar-refractivity contribution in [1.82, 2.24) is 0 Å². The van der Waals surface area contributed by atoms with E-state index in [9.17, 15) is 76.6 Å². The third-order valence-electron chi connectivity index (χ3n) is 24.0. The van der Waals surface area contributed by atoms with Gasteiger partial charge in [0.05, 0.1) is 57.5 Å². The zero-order valence-corrected chi connectivity index (χ0v) is 49.2. The minimum absolute atomic E-state index is 0.121. The van der Waals surface area contributed by atoms with E-state index in [1.165, 1.54) is 0 Å². The number of fused-ring (bicyclic) bond motifs is 4. The van der Waals surface area contributed by atoms with E-state index in [1.54, 1.807) is 0 Å². The largest absolute Gasteiger partial charge is 0.394 e. The summed E-state index contributed by atoms with van der Waals surface area (Å²) in [6.45, 7) is 13.4. The highest BCUT2D eigenvalue weighted by molar-refractivity contribution is 5.28. The smallest absolute Gasteiger partial charge is 0.187 e. The molecule has 11 rings (SSSR count). The molecule has 6 aliphatic heterocycles. The van der Waals surface area contributed by atoms with E-state index in [0.29, 0.717) is 19.4 Å². The van der Waals surface area contributed by atoms with Crippen LogP contribution in [0.3, 0.4) is 0 Å². The van der Waals surface area contributed by atoms with Gasteiger partial charge in [-0.05, 0) is 104 Å². The van der Waals surface area contributed by atoms with Crippen LogP contribution in [0.15, 0.2) is 0 Å². The van der Waals surface area contributed by atoms with Crippen molar-refractivity contribution in [2.75, 3.05) is 39.6 Å². The van der Waals surface area contributed by atoms with Crippen molar-refractivity contribution in [2.24, 2.45) is 50.2 Å². The maximum atomic E-state index is 12.6. The van der Waals surface area contributed by atoms with Crippen molar-refractivity contribution in [2.45, 2.75) is 272 Å². The van der Waals surface area contributed by atoms with Gasteiger partial charge < -0.3 is 129 Å². The number of hydrogen-bond donors (Lipinski definition) is 15. The van der Waals surface area contributed by atoms with E-state index in [1.807, 2.05) is 0 Å². The van der Waals surface area contributed by atoms with Crippen LogP contribution in [0.2, 0.25) is 0 Å². The summed E-state index contributed by atoms with van der Waals surface area (Å²) in [5.41, 5.74) is -1.59. The van der Waals surface area contributed by atoms with Gasteiger partial charge in [0.25, 0.3) is 0 Å². The van der Waals surface area contributed by atoms with Crippen molar-refractivity contribution >= 4 is 0 Å². The fraction of sp³-hybridized carbons (Fsp3) is 1.00. The fourth-order valence-electron chi connectivity index (χ4n) is 18.9. The molecule has 3 unspecified atom stereocenters. The Morgan fingerprint density at radius 2 is 1.00 bits per heavy atom. The van der Waals surface area contributed by atoms with Gasteiger partial charge in [-0.1, -0.05) is 48.5 Å². The van der Waals surface area contributed by atoms with Gasteiger partial charge in [0.2, 0.25) is 0 Å². The van der Waals surface area contributed by atoms with E-state index >= 15 is 0 Å². The molecule has 0 amide bonds. The van der Waals surface area contributed by atoms with Gasteiger partial charge in [0.15, 0.2) is 31.5 Å². The first-order valence-electron chi connectivity index (χ1n) is 30.6. The minimum atomic E-state index is -2.03. The van der Waals surface area contributed by atoms with Crippen molar-refractivity contribution in [3.8, 4) is 0 Å². The zero-order valence-electron chi connectivity index (χ0n) is 49.2. The van der Waals surface area contributed by atoms with Crippen LogP contribution in [-0.2, 0) is 52.1 Å². The Bertz CT molecular complexity index is 2280. The molecule has 33 atom stereocenters. The molecule has 0 aromatic heterocycles. The second kappa shape index (κ2) is 23.3. The summed E-state index contributed by atoms with van der Waals surface area (Å²) in [5.74, 6) is 0.673. The second-order valence-electron chi connectivity index (χ2n) is 29.0. The highest BCUT2D eigenvalue weighted by Gasteiger charge is 2.80. The molecular formula is C58H96O26. The lowest BCUT2D eigenvalue weighted by Gasteiger charge is -2.75. The third-order valence-corrected chi connectivity index (χ3v) is 24.0. The fourth-order valence-corrected chi connectivity index (χ4v) is 18.9. The number of hydrogen-bond acceptors (Lipinski definition) is 26. The molecule has 26 nitrogen and oxygen atoms in total. The average Bonchev–Trinajstić information content (AvgIpc) is 1.29. The van der Waals surface area contributed by atoms with E-state index in [-0.39, 0.29) is 50.4 Å². The van der Waals surface area contributed by atoms with Crippen molar-refractivity contribution < 1.29 is 129 Å². The van der Waals surface area contributed by atoms with E-state index in [4.69, 9.17) is 52.1 Å². The van der Waals surface area contributed by atoms with Gasteiger partial charge in [0.1, 0.15) is 110 Å². The van der Waals surface area contributed by atoms with Crippen LogP contribution in [0.5, 0.6) is 0 Å². The predicted octanol–water partition coefficient (Wildman–Crippen LogP) is -3.25. The first-order chi connectivity index (χ1) is 39.5. The van der Waals surface area contributed by atoms with E-state index in [2.05, 4.69) is 48.5 Å². The lowest BCUT2D eigenvalue weighted by Crippen LogP contribution is -2.74. The Kier molecular flexibility index (Phi) is 17.9. The Hall–Kier alpha value is -1.04. The summed E-state index contributed by atoms with van der Waals surface area (Å²) in [7, 11) is 0. The average molecular weight is 1210 g/mol. The Morgan fingerprint density at radius 3 is 1.63 bits per heavy atom. The first kappa shape index (κ1) is 64.5. The zero-order chi connectivity index (χ0) is 60.8. The highest BCUT2D eigenvalue weighted by atomic mass is 16.8. The molecule has 0 aromatic carbocycles. The summed E-state index contributed by atoms with van der Waals surface area (Å²) in [5, 5.41) is 164. The summed E-state index contributed by atoms with van der Waals surface area (Å²) >= 11 is 0. The van der Waals surface area contributed by atoms with Crippen LogP contribution >= 0.6 is 0 Å². The maximum Gasteiger partial charge on any atom is 0.187 e. The van der Waals surface area contributed by atoms with Crippen molar-refractivity contribution in [3.05, 3.63) is 0 Å². The molecule has 484 valence electrons. The molecule has 84 heavy (non-hydrogen) atoms. The maximum absolute atomic E-state index is 12.6. The number of ether oxygens (including phenoxy) is 11. The molecule has 11 aliphatic rings. The third kappa shape index (κ3) is 10.0. The van der Waals surface area contributed by atoms with Crippen LogP contribution in [0.4, 0.5) is 0 Å². The molecule has 6 saturated heterocycles. The molecule has 0 radical (unpaired) electrons. The van der Waals surface area contributed by atoms with Gasteiger partial charge in [-0.25, -0.2) is 0 Å². The molecule has 5 saturated carbocycles. The second-order valence-corrected chi connectivity index (χ2v) is 29.0. The lowest BCUT2D eigenvalue weighted by molar-refractivity contribution is -0.402. The van der Waals surface area contributed by atoms with Crippen molar-refractivity contribution in [1.29, 1.82) is 0 Å². The van der Waals surface area contributed by atoms with Crippen LogP contribution in [-0.4, -0.2) is 275 Å². The molecule has 6 heterocycles. The molecule has 15 N–H and O–H groups in total. The van der Waals surface area contributed by atoms with Gasteiger partial charge in [-0.15, -0.1) is 0 Å². The topological polar surface area (TPSA) is 405 Å². The van der Waals surface area contributed by atoms with Gasteiger partial charge in [-0.3, -0.25) is 0 Å². The Morgan fingerprint density at radius 1 is 0.440 bits per heavy atom. The number of aliphatic hydroxyl groups is 15. The molecular weight excluding hydrogens is 1110 g/mol. The minimum Gasteiger partial charge on any atom is -0.394 e. The monoisotopic (exact) mass is 1210 g/mol. The molecule has 11 fully saturated rings. The lowest BCUT2D eigenvalue weighted by atomic mass is 9.30. The normalized spacial score (nSPS) is 57.1. The summed E-state index contributed by atoms with van der Waals surface area (Å²) in [6, 6.07) is 0. The molecule has 2 bridgehead atoms. The first-order valence-corrected chi connectivity index (χ1v) is 30.6. The van der Waals surface area contributed by atoms with Crippen LogP contribution in [0.25, 0.3) is 0 Å². The quantitative estimate of drug-likeness (QED) is 0.0806. The van der Waals surface area contributed by atoms with E-state index < -0.39 is 192 Å². The molecule has 26 heteroatoms. The summed E-state index contributed by atoms with van der Waals surface area (Å²) < 4.78 is 68.4. The molecule has 1 spiro atoms. The highest BCUT2D eigenvalue weighted by Crippen LogP contribution is 2.80. The Labute approximate surface area is 489 Å². The van der Waals surface area contributed by atoms with Crippen LogP contribution in [0.1, 0.15) is 113 Å².